The molecule has 0 aliphatic heterocycles. The molecular weight excluding hydrogens is 295 g/mol. The number of carbonyl (C=O) groups is 1. The summed E-state index contributed by atoms with van der Waals surface area (Å²) in [6, 6.07) is 14.9. The number of rotatable bonds is 4. The Morgan fingerprint density at radius 1 is 1.04 bits per heavy atom. The maximum Gasteiger partial charge on any atom is 0.488 e. The van der Waals surface area contributed by atoms with Crippen molar-refractivity contribution in [3.8, 4) is 0 Å². The van der Waals surface area contributed by atoms with Gasteiger partial charge in [0.25, 0.3) is 0 Å². The molecule has 0 unspecified atom stereocenters. The fraction of sp³-hybridized carbons (Fsp3) is 0.0588. The number of benzene rings is 2. The first-order valence-electron chi connectivity index (χ1n) is 7.05. The molecular formula is C17H13BO5. The third-order valence-corrected chi connectivity index (χ3v) is 3.56. The summed E-state index contributed by atoms with van der Waals surface area (Å²) in [6.07, 6.45) is -0.0241. The maximum absolute atomic E-state index is 12.4. The molecule has 2 N–H and O–H groups in total. The predicted molar refractivity (Wildman–Crippen MR) is 86.8 cm³/mol. The summed E-state index contributed by atoms with van der Waals surface area (Å²) < 4.78 is 5.16. The normalized spacial score (nSPS) is 10.7. The number of ketones is 1. The molecule has 0 amide bonds. The molecule has 0 spiro atoms. The molecule has 0 bridgehead atoms. The van der Waals surface area contributed by atoms with Crippen LogP contribution in [0.4, 0.5) is 0 Å². The highest BCUT2D eigenvalue weighted by Crippen LogP contribution is 2.14. The van der Waals surface area contributed by atoms with Crippen LogP contribution in [0.5, 0.6) is 0 Å². The minimum absolute atomic E-state index is 0.0151. The molecule has 0 saturated carbocycles. The lowest BCUT2D eigenvalue weighted by Crippen LogP contribution is -2.30. The number of hydrogen-bond donors (Lipinski definition) is 2. The SMILES string of the molecule is O=C(Cc1cccc(B(O)O)c1)c1cc2ccccc2oc1=O. The average molecular weight is 308 g/mol. The molecule has 3 rings (SSSR count). The minimum Gasteiger partial charge on any atom is -0.423 e. The van der Waals surface area contributed by atoms with Crippen molar-refractivity contribution < 1.29 is 19.3 Å². The van der Waals surface area contributed by atoms with E-state index in [1.54, 1.807) is 42.5 Å². The topological polar surface area (TPSA) is 87.7 Å². The van der Waals surface area contributed by atoms with E-state index in [1.807, 2.05) is 0 Å². The quantitative estimate of drug-likeness (QED) is 0.425. The van der Waals surface area contributed by atoms with Gasteiger partial charge >= 0.3 is 12.7 Å². The number of Topliss-reactive ketones (excluding diaryl/α,β-unsaturated/α-hetero) is 1. The van der Waals surface area contributed by atoms with Gasteiger partial charge in [-0.3, -0.25) is 4.79 Å². The summed E-state index contributed by atoms with van der Waals surface area (Å²) in [5, 5.41) is 19.0. The van der Waals surface area contributed by atoms with E-state index in [2.05, 4.69) is 0 Å². The van der Waals surface area contributed by atoms with Gasteiger partial charge < -0.3 is 14.5 Å². The van der Waals surface area contributed by atoms with Crippen molar-refractivity contribution >= 4 is 29.3 Å². The van der Waals surface area contributed by atoms with Crippen molar-refractivity contribution in [2.75, 3.05) is 0 Å². The second kappa shape index (κ2) is 6.20. The van der Waals surface area contributed by atoms with Crippen molar-refractivity contribution in [3.05, 3.63) is 76.1 Å². The Hall–Kier alpha value is -2.70. The molecule has 0 aliphatic carbocycles. The summed E-state index contributed by atoms with van der Waals surface area (Å²) >= 11 is 0. The highest BCUT2D eigenvalue weighted by Gasteiger charge is 2.16. The number of hydrogen-bond acceptors (Lipinski definition) is 5. The first-order chi connectivity index (χ1) is 11.0. The second-order valence-electron chi connectivity index (χ2n) is 5.20. The Morgan fingerprint density at radius 2 is 1.83 bits per heavy atom. The van der Waals surface area contributed by atoms with Gasteiger partial charge in [-0.05, 0) is 23.2 Å². The van der Waals surface area contributed by atoms with Gasteiger partial charge in [0.15, 0.2) is 5.78 Å². The summed E-state index contributed by atoms with van der Waals surface area (Å²) in [5.41, 5.74) is 0.624. The molecule has 0 saturated heterocycles. The smallest absolute Gasteiger partial charge is 0.423 e. The summed E-state index contributed by atoms with van der Waals surface area (Å²) in [4.78, 5) is 24.3. The fourth-order valence-electron chi connectivity index (χ4n) is 2.40. The molecule has 114 valence electrons. The monoisotopic (exact) mass is 308 g/mol. The molecule has 0 atom stereocenters. The lowest BCUT2D eigenvalue weighted by atomic mass is 9.79. The van der Waals surface area contributed by atoms with Crippen LogP contribution >= 0.6 is 0 Å². The molecule has 0 aliphatic rings. The summed E-state index contributed by atoms with van der Waals surface area (Å²) in [5.74, 6) is -0.380. The van der Waals surface area contributed by atoms with Gasteiger partial charge in [-0.1, -0.05) is 42.5 Å². The standard InChI is InChI=1S/C17H13BO5/c19-15(9-11-4-3-6-13(8-11)18(21)22)14-10-12-5-1-2-7-16(12)23-17(14)20/h1-8,10,21-22H,9H2. The van der Waals surface area contributed by atoms with Crippen LogP contribution in [0.3, 0.4) is 0 Å². The summed E-state index contributed by atoms with van der Waals surface area (Å²) in [6.45, 7) is 0. The van der Waals surface area contributed by atoms with E-state index in [0.29, 0.717) is 22.0 Å². The highest BCUT2D eigenvalue weighted by atomic mass is 16.4. The van der Waals surface area contributed by atoms with Crippen molar-refractivity contribution in [3.63, 3.8) is 0 Å². The highest BCUT2D eigenvalue weighted by molar-refractivity contribution is 6.58. The maximum atomic E-state index is 12.4. The van der Waals surface area contributed by atoms with E-state index in [9.17, 15) is 9.59 Å². The van der Waals surface area contributed by atoms with E-state index in [1.165, 1.54) is 12.1 Å². The lowest BCUT2D eigenvalue weighted by Gasteiger charge is -2.05. The Morgan fingerprint density at radius 3 is 2.61 bits per heavy atom. The Kier molecular flexibility index (Phi) is 4.10. The predicted octanol–water partition coefficient (Wildman–Crippen LogP) is 0.898. The zero-order chi connectivity index (χ0) is 16.4. The molecule has 0 fully saturated rings. The minimum atomic E-state index is -1.60. The van der Waals surface area contributed by atoms with E-state index in [4.69, 9.17) is 14.5 Å². The summed E-state index contributed by atoms with van der Waals surface area (Å²) in [7, 11) is -1.60. The first kappa shape index (κ1) is 15.2. The van der Waals surface area contributed by atoms with Crippen LogP contribution < -0.4 is 11.1 Å². The number of carbonyl (C=O) groups excluding carboxylic acids is 1. The van der Waals surface area contributed by atoms with Gasteiger partial charge in [-0.15, -0.1) is 0 Å². The van der Waals surface area contributed by atoms with Crippen LogP contribution in [0.25, 0.3) is 11.0 Å². The van der Waals surface area contributed by atoms with Crippen molar-refractivity contribution in [2.45, 2.75) is 6.42 Å². The van der Waals surface area contributed by atoms with Crippen molar-refractivity contribution in [1.29, 1.82) is 0 Å². The number of fused-ring (bicyclic) bond motifs is 1. The van der Waals surface area contributed by atoms with Gasteiger partial charge in [0, 0.05) is 11.8 Å². The van der Waals surface area contributed by atoms with Gasteiger partial charge in [-0.25, -0.2) is 4.79 Å². The van der Waals surface area contributed by atoms with Gasteiger partial charge in [0.1, 0.15) is 11.1 Å². The lowest BCUT2D eigenvalue weighted by molar-refractivity contribution is 0.0989. The Bertz CT molecular complexity index is 929. The fourth-order valence-corrected chi connectivity index (χ4v) is 2.40. The van der Waals surface area contributed by atoms with Crippen LogP contribution in [-0.2, 0) is 6.42 Å². The third kappa shape index (κ3) is 3.23. The molecule has 5 nitrogen and oxygen atoms in total. The van der Waals surface area contributed by atoms with Crippen LogP contribution in [0.1, 0.15) is 15.9 Å². The largest absolute Gasteiger partial charge is 0.488 e. The zero-order valence-corrected chi connectivity index (χ0v) is 12.1. The molecule has 0 radical (unpaired) electrons. The zero-order valence-electron chi connectivity index (χ0n) is 12.1. The molecule has 6 heteroatoms. The van der Waals surface area contributed by atoms with E-state index in [-0.39, 0.29) is 17.8 Å². The Balaban J connectivity index is 1.93. The molecule has 1 aromatic heterocycles. The molecule has 3 aromatic rings. The van der Waals surface area contributed by atoms with Crippen molar-refractivity contribution in [2.24, 2.45) is 0 Å². The first-order valence-corrected chi connectivity index (χ1v) is 7.05. The van der Waals surface area contributed by atoms with E-state index in [0.717, 1.165) is 0 Å². The van der Waals surface area contributed by atoms with E-state index >= 15 is 0 Å². The number of para-hydroxylation sites is 1. The average Bonchev–Trinajstić information content (AvgIpc) is 2.54. The second-order valence-corrected chi connectivity index (χ2v) is 5.20. The molecule has 2 aromatic carbocycles. The molecule has 23 heavy (non-hydrogen) atoms. The van der Waals surface area contributed by atoms with Crippen molar-refractivity contribution in [1.82, 2.24) is 0 Å². The third-order valence-electron chi connectivity index (χ3n) is 3.56. The van der Waals surface area contributed by atoms with Crippen LogP contribution in [0.2, 0.25) is 0 Å². The molecule has 1 heterocycles. The van der Waals surface area contributed by atoms with Crippen LogP contribution in [0.15, 0.2) is 63.8 Å². The van der Waals surface area contributed by atoms with Gasteiger partial charge in [0.2, 0.25) is 0 Å². The Labute approximate surface area is 132 Å². The van der Waals surface area contributed by atoms with Gasteiger partial charge in [-0.2, -0.15) is 0 Å². The van der Waals surface area contributed by atoms with Crippen LogP contribution in [0, 0.1) is 0 Å². The van der Waals surface area contributed by atoms with E-state index < -0.39 is 12.7 Å². The van der Waals surface area contributed by atoms with Crippen LogP contribution in [-0.4, -0.2) is 22.9 Å². The van der Waals surface area contributed by atoms with Gasteiger partial charge in [0.05, 0.1) is 0 Å².